The average Bonchev–Trinajstić information content (AvgIpc) is 2.76. The first-order valence-corrected chi connectivity index (χ1v) is 13.1. The highest BCUT2D eigenvalue weighted by Crippen LogP contribution is 2.32. The van der Waals surface area contributed by atoms with Gasteiger partial charge in [0.15, 0.2) is 0 Å². The van der Waals surface area contributed by atoms with Gasteiger partial charge in [0.1, 0.15) is 18.3 Å². The van der Waals surface area contributed by atoms with Crippen molar-refractivity contribution in [2.24, 2.45) is 0 Å². The molecule has 0 spiro atoms. The maximum atomic E-state index is 13.5. The minimum absolute atomic E-state index is 0.0851. The largest absolute Gasteiger partial charge is 0.495 e. The SMILES string of the molecule is CCNC(=O)[C@@H](C)N(Cc1c(Cl)cccc1Cl)C(=O)CN(c1cc(C)ccc1OC)S(C)(=O)=O. The normalized spacial score (nSPS) is 12.1. The van der Waals surface area contributed by atoms with Gasteiger partial charge in [0.25, 0.3) is 0 Å². The van der Waals surface area contributed by atoms with E-state index in [9.17, 15) is 18.0 Å². The lowest BCUT2D eigenvalue weighted by Crippen LogP contribution is -2.51. The summed E-state index contributed by atoms with van der Waals surface area (Å²) in [7, 11) is -2.47. The fraction of sp³-hybridized carbons (Fsp3) is 0.391. The van der Waals surface area contributed by atoms with Gasteiger partial charge in [0, 0.05) is 28.7 Å². The van der Waals surface area contributed by atoms with Gasteiger partial charge in [-0.15, -0.1) is 0 Å². The highest BCUT2D eigenvalue weighted by molar-refractivity contribution is 7.92. The Morgan fingerprint density at radius 1 is 1.15 bits per heavy atom. The number of hydrogen-bond acceptors (Lipinski definition) is 5. The van der Waals surface area contributed by atoms with Crippen LogP contribution in [0.5, 0.6) is 5.75 Å². The molecule has 0 radical (unpaired) electrons. The monoisotopic (exact) mass is 529 g/mol. The van der Waals surface area contributed by atoms with E-state index >= 15 is 0 Å². The van der Waals surface area contributed by atoms with Crippen LogP contribution in [0, 0.1) is 6.92 Å². The summed E-state index contributed by atoms with van der Waals surface area (Å²) in [5.41, 5.74) is 1.46. The molecule has 8 nitrogen and oxygen atoms in total. The van der Waals surface area contributed by atoms with Gasteiger partial charge >= 0.3 is 0 Å². The highest BCUT2D eigenvalue weighted by atomic mass is 35.5. The Morgan fingerprint density at radius 3 is 2.29 bits per heavy atom. The van der Waals surface area contributed by atoms with E-state index in [1.54, 1.807) is 57.2 Å². The van der Waals surface area contributed by atoms with Gasteiger partial charge in [-0.3, -0.25) is 13.9 Å². The van der Waals surface area contributed by atoms with E-state index in [2.05, 4.69) is 5.32 Å². The van der Waals surface area contributed by atoms with Gasteiger partial charge in [0.05, 0.1) is 19.1 Å². The fourth-order valence-corrected chi connectivity index (χ4v) is 4.71. The first-order chi connectivity index (χ1) is 15.9. The van der Waals surface area contributed by atoms with Gasteiger partial charge in [-0.2, -0.15) is 0 Å². The summed E-state index contributed by atoms with van der Waals surface area (Å²) < 4.78 is 31.7. The van der Waals surface area contributed by atoms with Crippen molar-refractivity contribution in [2.75, 3.05) is 30.8 Å². The summed E-state index contributed by atoms with van der Waals surface area (Å²) in [6.07, 6.45) is 1.00. The Labute approximate surface area is 210 Å². The highest BCUT2D eigenvalue weighted by Gasteiger charge is 2.31. The molecule has 0 aliphatic rings. The second-order valence-corrected chi connectivity index (χ2v) is 10.5. The maximum Gasteiger partial charge on any atom is 0.244 e. The first-order valence-electron chi connectivity index (χ1n) is 10.5. The molecule has 0 bridgehead atoms. The Morgan fingerprint density at radius 2 is 1.76 bits per heavy atom. The van der Waals surface area contributed by atoms with Crippen molar-refractivity contribution in [1.82, 2.24) is 10.2 Å². The average molecular weight is 530 g/mol. The molecule has 0 aromatic heterocycles. The van der Waals surface area contributed by atoms with Crippen LogP contribution in [0.2, 0.25) is 10.0 Å². The minimum Gasteiger partial charge on any atom is -0.495 e. The number of halogens is 2. The van der Waals surface area contributed by atoms with E-state index in [-0.39, 0.29) is 12.2 Å². The molecule has 0 saturated heterocycles. The molecule has 2 rings (SSSR count). The number of rotatable bonds is 10. The standard InChI is InChI=1S/C23H29Cl2N3O5S/c1-6-26-23(30)16(3)27(13-17-18(24)8-7-9-19(17)25)22(29)14-28(34(5,31)32)20-12-15(2)10-11-21(20)33-4/h7-12,16H,6,13-14H2,1-5H3,(H,26,30)/t16-/m1/s1. The molecule has 0 saturated carbocycles. The quantitative estimate of drug-likeness (QED) is 0.506. The predicted octanol–water partition coefficient (Wildman–Crippen LogP) is 3.63. The number of amides is 2. The molecule has 1 N–H and O–H groups in total. The van der Waals surface area contributed by atoms with E-state index in [0.29, 0.717) is 27.9 Å². The molecule has 11 heteroatoms. The van der Waals surface area contributed by atoms with Crippen molar-refractivity contribution in [3.8, 4) is 5.75 Å². The summed E-state index contributed by atoms with van der Waals surface area (Å²) in [4.78, 5) is 27.4. The smallest absolute Gasteiger partial charge is 0.244 e. The summed E-state index contributed by atoms with van der Waals surface area (Å²) in [6, 6.07) is 9.03. The molecule has 2 amide bonds. The van der Waals surface area contributed by atoms with Gasteiger partial charge in [-0.05, 0) is 50.6 Å². The molecule has 0 aliphatic carbocycles. The molecule has 0 aliphatic heterocycles. The molecular formula is C23H29Cl2N3O5S. The van der Waals surface area contributed by atoms with Crippen LogP contribution in [0.25, 0.3) is 0 Å². The topological polar surface area (TPSA) is 96.0 Å². The zero-order chi connectivity index (χ0) is 25.6. The van der Waals surface area contributed by atoms with Gasteiger partial charge in [-0.1, -0.05) is 35.3 Å². The molecule has 0 heterocycles. The van der Waals surface area contributed by atoms with E-state index in [1.165, 1.54) is 12.0 Å². The minimum atomic E-state index is -3.89. The third-order valence-electron chi connectivity index (χ3n) is 5.19. The van der Waals surface area contributed by atoms with Crippen molar-refractivity contribution in [3.05, 3.63) is 57.6 Å². The zero-order valence-corrected chi connectivity index (χ0v) is 22.1. The molecule has 2 aromatic carbocycles. The third-order valence-corrected chi connectivity index (χ3v) is 7.03. The number of carbonyl (C=O) groups excluding carboxylic acids is 2. The van der Waals surface area contributed by atoms with E-state index < -0.39 is 34.4 Å². The summed E-state index contributed by atoms with van der Waals surface area (Å²) in [6.45, 7) is 4.85. The van der Waals surface area contributed by atoms with E-state index in [1.807, 2.05) is 0 Å². The number of carbonyl (C=O) groups is 2. The van der Waals surface area contributed by atoms with Gasteiger partial charge in [-0.25, -0.2) is 8.42 Å². The first kappa shape index (κ1) is 27.8. The fourth-order valence-electron chi connectivity index (χ4n) is 3.35. The predicted molar refractivity (Wildman–Crippen MR) is 135 cm³/mol. The lowest BCUT2D eigenvalue weighted by Gasteiger charge is -2.32. The Bertz CT molecular complexity index is 1140. The summed E-state index contributed by atoms with van der Waals surface area (Å²) in [5, 5.41) is 3.34. The van der Waals surface area contributed by atoms with Crippen molar-refractivity contribution in [1.29, 1.82) is 0 Å². The second-order valence-electron chi connectivity index (χ2n) is 7.74. The number of ether oxygens (including phenoxy) is 1. The zero-order valence-electron chi connectivity index (χ0n) is 19.8. The number of likely N-dealkylation sites (N-methyl/N-ethyl adjacent to an activating group) is 1. The molecule has 186 valence electrons. The van der Waals surface area contributed by atoms with E-state index in [4.69, 9.17) is 27.9 Å². The number of anilines is 1. The van der Waals surface area contributed by atoms with Crippen LogP contribution in [-0.4, -0.2) is 57.6 Å². The van der Waals surface area contributed by atoms with Crippen molar-refractivity contribution in [2.45, 2.75) is 33.4 Å². The third kappa shape index (κ3) is 6.77. The van der Waals surface area contributed by atoms with Crippen molar-refractivity contribution < 1.29 is 22.7 Å². The molecule has 34 heavy (non-hydrogen) atoms. The lowest BCUT2D eigenvalue weighted by atomic mass is 10.1. The number of nitrogens with one attached hydrogen (secondary N) is 1. The number of sulfonamides is 1. The van der Waals surface area contributed by atoms with Crippen LogP contribution < -0.4 is 14.4 Å². The lowest BCUT2D eigenvalue weighted by molar-refractivity contribution is -0.139. The maximum absolute atomic E-state index is 13.5. The summed E-state index contributed by atoms with van der Waals surface area (Å²) in [5.74, 6) is -0.705. The van der Waals surface area contributed by atoms with Crippen LogP contribution in [-0.2, 0) is 26.2 Å². The molecule has 1 atom stereocenters. The molecular weight excluding hydrogens is 501 g/mol. The molecule has 0 unspecified atom stereocenters. The second kappa shape index (κ2) is 11.8. The van der Waals surface area contributed by atoms with E-state index in [0.717, 1.165) is 16.1 Å². The molecule has 2 aromatic rings. The number of methoxy groups -OCH3 is 1. The van der Waals surface area contributed by atoms with Crippen LogP contribution in [0.3, 0.4) is 0 Å². The van der Waals surface area contributed by atoms with Crippen LogP contribution in [0.4, 0.5) is 5.69 Å². The molecule has 0 fully saturated rings. The van der Waals surface area contributed by atoms with Crippen LogP contribution in [0.1, 0.15) is 25.0 Å². The summed E-state index contributed by atoms with van der Waals surface area (Å²) >= 11 is 12.6. The van der Waals surface area contributed by atoms with Crippen LogP contribution in [0.15, 0.2) is 36.4 Å². The van der Waals surface area contributed by atoms with Gasteiger partial charge in [0.2, 0.25) is 21.8 Å². The van der Waals surface area contributed by atoms with Crippen molar-refractivity contribution >= 4 is 50.7 Å². The number of benzene rings is 2. The number of aryl methyl sites for hydroxylation is 1. The van der Waals surface area contributed by atoms with Crippen molar-refractivity contribution in [3.63, 3.8) is 0 Å². The number of nitrogens with zero attached hydrogens (tertiary/aromatic N) is 2. The Balaban J connectivity index is 2.52. The van der Waals surface area contributed by atoms with Gasteiger partial charge < -0.3 is 15.0 Å². The van der Waals surface area contributed by atoms with Crippen LogP contribution >= 0.6 is 23.2 Å². The number of hydrogen-bond donors (Lipinski definition) is 1. The Kier molecular flexibility index (Phi) is 9.61. The Hall–Kier alpha value is -2.49.